The smallest absolute Gasteiger partial charge is 0.355 e. The quantitative estimate of drug-likeness (QED) is 0.502. The molecule has 1 aliphatic heterocycles. The van der Waals surface area contributed by atoms with Crippen molar-refractivity contribution in [3.8, 4) is 5.75 Å². The van der Waals surface area contributed by atoms with Crippen molar-refractivity contribution in [2.75, 3.05) is 44.8 Å². The standard InChI is InChI=1S/C24H31N3O4/c1-6-12-27-18(4)21(17(3)22(27)24(29)31-7-2)23(28)26-15-13-25(14-16-26)19-8-10-20(30-5)11-9-19/h6,8-11H,1,7,12-16H2,2-5H3. The number of methoxy groups -OCH3 is 1. The van der Waals surface area contributed by atoms with Crippen molar-refractivity contribution in [3.63, 3.8) is 0 Å². The van der Waals surface area contributed by atoms with Crippen LogP contribution in [0.15, 0.2) is 36.9 Å². The topological polar surface area (TPSA) is 64.0 Å². The molecule has 7 nitrogen and oxygen atoms in total. The number of ether oxygens (including phenoxy) is 2. The lowest BCUT2D eigenvalue weighted by Crippen LogP contribution is -2.49. The predicted octanol–water partition coefficient (Wildman–Crippen LogP) is 3.44. The number of hydrogen-bond acceptors (Lipinski definition) is 5. The van der Waals surface area contributed by atoms with E-state index in [0.29, 0.717) is 36.5 Å². The van der Waals surface area contributed by atoms with E-state index in [1.54, 1.807) is 20.1 Å². The van der Waals surface area contributed by atoms with Gasteiger partial charge in [0.05, 0.1) is 19.3 Å². The highest BCUT2D eigenvalue weighted by Crippen LogP contribution is 2.26. The molecule has 1 fully saturated rings. The van der Waals surface area contributed by atoms with Crippen molar-refractivity contribution in [3.05, 3.63) is 59.4 Å². The van der Waals surface area contributed by atoms with E-state index in [0.717, 1.165) is 30.2 Å². The number of hydrogen-bond donors (Lipinski definition) is 0. The maximum absolute atomic E-state index is 13.4. The second kappa shape index (κ2) is 9.73. The molecule has 0 saturated carbocycles. The molecular weight excluding hydrogens is 394 g/mol. The maximum Gasteiger partial charge on any atom is 0.355 e. The highest BCUT2D eigenvalue weighted by molar-refractivity contribution is 6.01. The molecule has 0 aliphatic carbocycles. The molecule has 31 heavy (non-hydrogen) atoms. The number of benzene rings is 1. The molecule has 1 saturated heterocycles. The van der Waals surface area contributed by atoms with Crippen LogP contribution in [0.25, 0.3) is 0 Å². The monoisotopic (exact) mass is 425 g/mol. The highest BCUT2D eigenvalue weighted by atomic mass is 16.5. The zero-order valence-electron chi connectivity index (χ0n) is 18.8. The van der Waals surface area contributed by atoms with Crippen LogP contribution in [0.4, 0.5) is 5.69 Å². The molecule has 0 unspecified atom stereocenters. The van der Waals surface area contributed by atoms with Gasteiger partial charge in [-0.2, -0.15) is 0 Å². The number of aromatic nitrogens is 1. The first kappa shape index (κ1) is 22.5. The Bertz CT molecular complexity index is 954. The number of nitrogens with zero attached hydrogens (tertiary/aromatic N) is 3. The number of allylic oxidation sites excluding steroid dienone is 1. The number of anilines is 1. The van der Waals surface area contributed by atoms with Crippen LogP contribution in [0.5, 0.6) is 5.75 Å². The summed E-state index contributed by atoms with van der Waals surface area (Å²) in [6.45, 7) is 12.7. The van der Waals surface area contributed by atoms with Crippen molar-refractivity contribution in [2.24, 2.45) is 0 Å². The van der Waals surface area contributed by atoms with E-state index in [2.05, 4.69) is 11.5 Å². The van der Waals surface area contributed by atoms with E-state index < -0.39 is 5.97 Å². The van der Waals surface area contributed by atoms with Crippen LogP contribution in [-0.4, -0.2) is 61.2 Å². The minimum Gasteiger partial charge on any atom is -0.497 e. The van der Waals surface area contributed by atoms with Gasteiger partial charge in [-0.1, -0.05) is 6.08 Å². The van der Waals surface area contributed by atoms with Gasteiger partial charge in [-0.3, -0.25) is 4.79 Å². The highest BCUT2D eigenvalue weighted by Gasteiger charge is 2.30. The second-order valence-electron chi connectivity index (χ2n) is 7.53. The molecule has 1 aromatic carbocycles. The first-order valence-electron chi connectivity index (χ1n) is 10.6. The van der Waals surface area contributed by atoms with Gasteiger partial charge in [0.1, 0.15) is 11.4 Å². The van der Waals surface area contributed by atoms with Gasteiger partial charge in [0.2, 0.25) is 0 Å². The first-order valence-corrected chi connectivity index (χ1v) is 10.6. The lowest BCUT2D eigenvalue weighted by atomic mass is 10.1. The number of piperazine rings is 1. The zero-order valence-corrected chi connectivity index (χ0v) is 18.8. The Morgan fingerprint density at radius 1 is 1.10 bits per heavy atom. The van der Waals surface area contributed by atoms with Crippen LogP contribution in [0, 0.1) is 13.8 Å². The average molecular weight is 426 g/mol. The van der Waals surface area contributed by atoms with Crippen molar-refractivity contribution < 1.29 is 19.1 Å². The van der Waals surface area contributed by atoms with Gasteiger partial charge < -0.3 is 23.8 Å². The zero-order chi connectivity index (χ0) is 22.5. The average Bonchev–Trinajstić information content (AvgIpc) is 3.03. The molecule has 0 bridgehead atoms. The van der Waals surface area contributed by atoms with Gasteiger partial charge >= 0.3 is 5.97 Å². The van der Waals surface area contributed by atoms with E-state index in [1.165, 1.54) is 0 Å². The number of amides is 1. The number of carbonyl (C=O) groups is 2. The lowest BCUT2D eigenvalue weighted by Gasteiger charge is -2.36. The molecular formula is C24H31N3O4. The van der Waals surface area contributed by atoms with E-state index in [1.807, 2.05) is 47.6 Å². The summed E-state index contributed by atoms with van der Waals surface area (Å²) in [5, 5.41) is 0. The molecule has 2 heterocycles. The van der Waals surface area contributed by atoms with Crippen molar-refractivity contribution >= 4 is 17.6 Å². The SMILES string of the molecule is C=CCn1c(C)c(C(=O)N2CCN(c3ccc(OC)cc3)CC2)c(C)c1C(=O)OCC. The number of rotatable bonds is 7. The second-order valence-corrected chi connectivity index (χ2v) is 7.53. The molecule has 166 valence electrons. The Balaban J connectivity index is 1.79. The summed E-state index contributed by atoms with van der Waals surface area (Å²) in [6.07, 6.45) is 1.72. The Kier molecular flexibility index (Phi) is 7.05. The van der Waals surface area contributed by atoms with Gasteiger partial charge in [0.15, 0.2) is 0 Å². The summed E-state index contributed by atoms with van der Waals surface area (Å²) < 4.78 is 12.3. The summed E-state index contributed by atoms with van der Waals surface area (Å²) in [6, 6.07) is 7.95. The fourth-order valence-electron chi connectivity index (χ4n) is 4.15. The van der Waals surface area contributed by atoms with Gasteiger partial charge in [0.25, 0.3) is 5.91 Å². The molecule has 1 aliphatic rings. The summed E-state index contributed by atoms with van der Waals surface area (Å²) in [5.41, 5.74) is 3.56. The Labute approximate surface area is 183 Å². The molecule has 7 heteroatoms. The molecule has 3 rings (SSSR count). The molecule has 0 atom stereocenters. The van der Waals surface area contributed by atoms with Crippen LogP contribution in [0.2, 0.25) is 0 Å². The van der Waals surface area contributed by atoms with Crippen LogP contribution < -0.4 is 9.64 Å². The Hall–Kier alpha value is -3.22. The van der Waals surface area contributed by atoms with Crippen molar-refractivity contribution in [1.29, 1.82) is 0 Å². The minimum absolute atomic E-state index is 0.0438. The van der Waals surface area contributed by atoms with E-state index in [-0.39, 0.29) is 12.5 Å². The molecule has 1 aromatic heterocycles. The summed E-state index contributed by atoms with van der Waals surface area (Å²) in [7, 11) is 1.65. The molecule has 2 aromatic rings. The van der Waals surface area contributed by atoms with Crippen LogP contribution in [0.3, 0.4) is 0 Å². The maximum atomic E-state index is 13.4. The van der Waals surface area contributed by atoms with E-state index in [9.17, 15) is 9.59 Å². The van der Waals surface area contributed by atoms with Crippen LogP contribution >= 0.6 is 0 Å². The van der Waals surface area contributed by atoms with Crippen LogP contribution in [0.1, 0.15) is 39.0 Å². The van der Waals surface area contributed by atoms with E-state index in [4.69, 9.17) is 9.47 Å². The van der Waals surface area contributed by atoms with Gasteiger partial charge in [0, 0.05) is 44.1 Å². The number of carbonyl (C=O) groups excluding carboxylic acids is 2. The Morgan fingerprint density at radius 3 is 2.29 bits per heavy atom. The predicted molar refractivity (Wildman–Crippen MR) is 121 cm³/mol. The summed E-state index contributed by atoms with van der Waals surface area (Å²) >= 11 is 0. The largest absolute Gasteiger partial charge is 0.497 e. The fraction of sp³-hybridized carbons (Fsp3) is 0.417. The van der Waals surface area contributed by atoms with Gasteiger partial charge in [-0.15, -0.1) is 6.58 Å². The Morgan fingerprint density at radius 2 is 1.74 bits per heavy atom. The third-order valence-electron chi connectivity index (χ3n) is 5.77. The van der Waals surface area contributed by atoms with E-state index >= 15 is 0 Å². The van der Waals surface area contributed by atoms with Gasteiger partial charge in [-0.05, 0) is 50.6 Å². The fourth-order valence-corrected chi connectivity index (χ4v) is 4.15. The van der Waals surface area contributed by atoms with Crippen molar-refractivity contribution in [2.45, 2.75) is 27.3 Å². The lowest BCUT2D eigenvalue weighted by molar-refractivity contribution is 0.0513. The molecule has 0 N–H and O–H groups in total. The van der Waals surface area contributed by atoms with Gasteiger partial charge in [-0.25, -0.2) is 4.79 Å². The summed E-state index contributed by atoms with van der Waals surface area (Å²) in [4.78, 5) is 30.1. The molecule has 0 radical (unpaired) electrons. The normalized spacial score (nSPS) is 13.8. The van der Waals surface area contributed by atoms with Crippen LogP contribution in [-0.2, 0) is 11.3 Å². The van der Waals surface area contributed by atoms with Crippen molar-refractivity contribution in [1.82, 2.24) is 9.47 Å². The molecule has 0 spiro atoms. The summed E-state index contributed by atoms with van der Waals surface area (Å²) in [5.74, 6) is 0.371. The first-order chi connectivity index (χ1) is 14.9. The minimum atomic E-state index is -0.409. The molecule has 1 amide bonds. The third kappa shape index (κ3) is 4.45. The third-order valence-corrected chi connectivity index (χ3v) is 5.77. The number of esters is 1.